The first-order valence-electron chi connectivity index (χ1n) is 6.29. The van der Waals surface area contributed by atoms with Gasteiger partial charge in [-0.25, -0.2) is 5.84 Å². The van der Waals surface area contributed by atoms with Crippen molar-refractivity contribution in [2.24, 2.45) is 5.84 Å². The van der Waals surface area contributed by atoms with Gasteiger partial charge in [0.25, 0.3) is 5.91 Å². The smallest absolute Gasteiger partial charge is 0.265 e. The van der Waals surface area contributed by atoms with Gasteiger partial charge in [-0.15, -0.1) is 0 Å². The fourth-order valence-corrected chi connectivity index (χ4v) is 2.58. The van der Waals surface area contributed by atoms with Crippen LogP contribution >= 0.6 is 15.9 Å². The lowest BCUT2D eigenvalue weighted by Crippen LogP contribution is -2.56. The number of nitrogens with two attached hydrogens (primary N) is 1. The second kappa shape index (κ2) is 6.33. The summed E-state index contributed by atoms with van der Waals surface area (Å²) < 4.78 is 0.717. The summed E-state index contributed by atoms with van der Waals surface area (Å²) in [5.74, 6) is 4.08. The van der Waals surface area contributed by atoms with Crippen LogP contribution in [0.4, 0.5) is 0 Å². The van der Waals surface area contributed by atoms with Gasteiger partial charge >= 0.3 is 0 Å². The molecule has 0 bridgehead atoms. The van der Waals surface area contributed by atoms with E-state index in [2.05, 4.69) is 26.7 Å². The number of carbonyl (C=O) groups is 3. The largest absolute Gasteiger partial charge is 0.294 e. The predicted molar refractivity (Wildman–Crippen MR) is 78.8 cm³/mol. The molecular weight excluding hydrogens is 340 g/mol. The maximum absolute atomic E-state index is 11.6. The van der Waals surface area contributed by atoms with Gasteiger partial charge in [0, 0.05) is 16.6 Å². The quantitative estimate of drug-likeness (QED) is 0.304. The van der Waals surface area contributed by atoms with Crippen LogP contribution in [0.3, 0.4) is 0 Å². The first kappa shape index (κ1) is 15.6. The van der Waals surface area contributed by atoms with E-state index >= 15 is 0 Å². The van der Waals surface area contributed by atoms with Crippen molar-refractivity contribution in [1.82, 2.24) is 15.6 Å². The van der Waals surface area contributed by atoms with Crippen molar-refractivity contribution in [1.29, 1.82) is 0 Å². The SMILES string of the molecule is CC1C(=O)NC(=O)CN1Cc1ccc(C(=O)NN)cc1Br. The highest BCUT2D eigenvalue weighted by Crippen LogP contribution is 2.22. The number of imide groups is 1. The van der Waals surface area contributed by atoms with E-state index in [9.17, 15) is 14.4 Å². The molecule has 0 spiro atoms. The second-order valence-corrected chi connectivity index (χ2v) is 5.63. The molecule has 1 aliphatic heterocycles. The summed E-state index contributed by atoms with van der Waals surface area (Å²) in [7, 11) is 0. The lowest BCUT2D eigenvalue weighted by molar-refractivity contribution is -0.139. The van der Waals surface area contributed by atoms with Crippen LogP contribution in [0.1, 0.15) is 22.8 Å². The maximum Gasteiger partial charge on any atom is 0.265 e. The molecule has 1 aromatic rings. The van der Waals surface area contributed by atoms with E-state index in [1.54, 1.807) is 30.0 Å². The van der Waals surface area contributed by atoms with Crippen LogP contribution < -0.4 is 16.6 Å². The average Bonchev–Trinajstić information content (AvgIpc) is 2.45. The van der Waals surface area contributed by atoms with E-state index < -0.39 is 0 Å². The Balaban J connectivity index is 2.17. The van der Waals surface area contributed by atoms with Gasteiger partial charge in [-0.05, 0) is 24.6 Å². The molecule has 8 heteroatoms. The molecule has 2 rings (SSSR count). The molecule has 3 amide bonds. The zero-order valence-electron chi connectivity index (χ0n) is 11.4. The molecule has 0 radical (unpaired) electrons. The molecule has 1 heterocycles. The van der Waals surface area contributed by atoms with Crippen molar-refractivity contribution >= 4 is 33.7 Å². The molecule has 0 aliphatic carbocycles. The third kappa shape index (κ3) is 3.46. The zero-order chi connectivity index (χ0) is 15.6. The van der Waals surface area contributed by atoms with Gasteiger partial charge < -0.3 is 0 Å². The van der Waals surface area contributed by atoms with Crippen LogP contribution in [-0.4, -0.2) is 35.2 Å². The Bertz CT molecular complexity index is 605. The minimum absolute atomic E-state index is 0.157. The Hall–Kier alpha value is -1.77. The number of hydrogen-bond acceptors (Lipinski definition) is 5. The number of nitrogens with one attached hydrogen (secondary N) is 2. The normalized spacial score (nSPS) is 19.3. The fourth-order valence-electron chi connectivity index (χ4n) is 2.08. The number of nitrogen functional groups attached to an aromatic ring is 1. The van der Waals surface area contributed by atoms with Crippen LogP contribution in [0.2, 0.25) is 0 Å². The molecular formula is C13H15BrN4O3. The van der Waals surface area contributed by atoms with E-state index in [0.717, 1.165) is 5.56 Å². The Morgan fingerprint density at radius 3 is 2.86 bits per heavy atom. The van der Waals surface area contributed by atoms with Crippen LogP contribution in [0.25, 0.3) is 0 Å². The van der Waals surface area contributed by atoms with Crippen molar-refractivity contribution in [2.75, 3.05) is 6.54 Å². The maximum atomic E-state index is 11.6. The molecule has 1 aliphatic rings. The lowest BCUT2D eigenvalue weighted by Gasteiger charge is -2.31. The first-order chi connectivity index (χ1) is 9.92. The number of piperazine rings is 1. The number of halogens is 1. The Kier molecular flexibility index (Phi) is 4.71. The molecule has 1 saturated heterocycles. The van der Waals surface area contributed by atoms with E-state index in [1.807, 2.05) is 0 Å². The average molecular weight is 355 g/mol. The summed E-state index contributed by atoms with van der Waals surface area (Å²) in [6.45, 7) is 2.32. The number of amides is 3. The summed E-state index contributed by atoms with van der Waals surface area (Å²) in [6, 6.07) is 4.66. The molecule has 4 N–H and O–H groups in total. The van der Waals surface area contributed by atoms with Gasteiger partial charge in [0.05, 0.1) is 12.6 Å². The minimum Gasteiger partial charge on any atom is -0.294 e. The summed E-state index contributed by atoms with van der Waals surface area (Å²) in [5, 5.41) is 2.29. The summed E-state index contributed by atoms with van der Waals surface area (Å²) >= 11 is 3.39. The summed E-state index contributed by atoms with van der Waals surface area (Å²) in [6.07, 6.45) is 0. The van der Waals surface area contributed by atoms with Gasteiger partial charge in [-0.2, -0.15) is 0 Å². The number of benzene rings is 1. The number of nitrogens with zero attached hydrogens (tertiary/aromatic N) is 1. The van der Waals surface area contributed by atoms with E-state index in [-0.39, 0.29) is 30.3 Å². The van der Waals surface area contributed by atoms with Gasteiger partial charge in [-0.3, -0.25) is 30.0 Å². The molecule has 112 valence electrons. The summed E-state index contributed by atoms with van der Waals surface area (Å²) in [4.78, 5) is 36.3. The van der Waals surface area contributed by atoms with Crippen molar-refractivity contribution in [3.63, 3.8) is 0 Å². The van der Waals surface area contributed by atoms with Crippen LogP contribution in [0.15, 0.2) is 22.7 Å². The molecule has 1 aromatic carbocycles. The molecule has 1 unspecified atom stereocenters. The Morgan fingerprint density at radius 2 is 2.24 bits per heavy atom. The highest BCUT2D eigenvalue weighted by atomic mass is 79.9. The first-order valence-corrected chi connectivity index (χ1v) is 7.08. The fraction of sp³-hybridized carbons (Fsp3) is 0.308. The van der Waals surface area contributed by atoms with Gasteiger partial charge in [0.2, 0.25) is 11.8 Å². The number of hydrogen-bond donors (Lipinski definition) is 3. The molecule has 1 atom stereocenters. The van der Waals surface area contributed by atoms with Crippen molar-refractivity contribution < 1.29 is 14.4 Å². The van der Waals surface area contributed by atoms with E-state index in [0.29, 0.717) is 16.6 Å². The van der Waals surface area contributed by atoms with Gasteiger partial charge in [-0.1, -0.05) is 22.0 Å². The van der Waals surface area contributed by atoms with E-state index in [1.165, 1.54) is 0 Å². The number of carbonyl (C=O) groups excluding carboxylic acids is 3. The highest BCUT2D eigenvalue weighted by Gasteiger charge is 2.30. The number of hydrazine groups is 1. The highest BCUT2D eigenvalue weighted by molar-refractivity contribution is 9.10. The Morgan fingerprint density at radius 1 is 1.52 bits per heavy atom. The standard InChI is InChI=1S/C13H15BrN4O3/c1-7-12(20)16-11(19)6-18(7)5-9-3-2-8(4-10(9)14)13(21)17-15/h2-4,7H,5-6,15H2,1H3,(H,17,21)(H,16,19,20). The Labute approximate surface area is 130 Å². The van der Waals surface area contributed by atoms with Crippen molar-refractivity contribution in [3.05, 3.63) is 33.8 Å². The van der Waals surface area contributed by atoms with Crippen LogP contribution in [0.5, 0.6) is 0 Å². The topological polar surface area (TPSA) is 105 Å². The van der Waals surface area contributed by atoms with Crippen molar-refractivity contribution in [3.8, 4) is 0 Å². The van der Waals surface area contributed by atoms with Crippen LogP contribution in [0, 0.1) is 0 Å². The molecule has 0 aromatic heterocycles. The van der Waals surface area contributed by atoms with Crippen LogP contribution in [-0.2, 0) is 16.1 Å². The molecule has 7 nitrogen and oxygen atoms in total. The monoisotopic (exact) mass is 354 g/mol. The second-order valence-electron chi connectivity index (χ2n) is 4.77. The summed E-state index contributed by atoms with van der Waals surface area (Å²) in [5.41, 5.74) is 3.36. The predicted octanol–water partition coefficient (Wildman–Crippen LogP) is -0.101. The third-order valence-corrected chi connectivity index (χ3v) is 4.09. The van der Waals surface area contributed by atoms with Gasteiger partial charge in [0.1, 0.15) is 0 Å². The number of rotatable bonds is 3. The lowest BCUT2D eigenvalue weighted by atomic mass is 10.1. The van der Waals surface area contributed by atoms with Gasteiger partial charge in [0.15, 0.2) is 0 Å². The third-order valence-electron chi connectivity index (χ3n) is 3.36. The molecule has 0 saturated carbocycles. The zero-order valence-corrected chi connectivity index (χ0v) is 12.9. The minimum atomic E-state index is -0.387. The van der Waals surface area contributed by atoms with Crippen molar-refractivity contribution in [2.45, 2.75) is 19.5 Å². The van der Waals surface area contributed by atoms with E-state index in [4.69, 9.17) is 5.84 Å². The molecule has 1 fully saturated rings. The molecule has 21 heavy (non-hydrogen) atoms.